The number of carbonyl (C=O) groups excluding carboxylic acids is 5. The summed E-state index contributed by atoms with van der Waals surface area (Å²) < 4.78 is 4.96. The number of carbonyl (C=O) groups is 5. The van der Waals surface area contributed by atoms with Crippen LogP contribution in [0.2, 0.25) is 0 Å². The number of nitrogens with one attached hydrogen (secondary N) is 4. The summed E-state index contributed by atoms with van der Waals surface area (Å²) in [4.78, 5) is 62.8. The Labute approximate surface area is 241 Å². The molecule has 6 N–H and O–H groups in total. The maximum atomic E-state index is 13.2. The number of hydrogen-bond donors (Lipinski definition) is 5. The van der Waals surface area contributed by atoms with Crippen LogP contribution in [-0.4, -0.2) is 66.2 Å². The van der Waals surface area contributed by atoms with Crippen LogP contribution in [0.4, 0.5) is 4.79 Å². The predicted molar refractivity (Wildman–Crippen MR) is 156 cm³/mol. The molecule has 0 saturated carbocycles. The third-order valence-electron chi connectivity index (χ3n) is 5.91. The number of amides is 5. The van der Waals surface area contributed by atoms with Gasteiger partial charge in [0.25, 0.3) is 0 Å². The molecule has 0 heterocycles. The molecule has 0 fully saturated rings. The van der Waals surface area contributed by atoms with Crippen molar-refractivity contribution in [1.29, 1.82) is 0 Å². The summed E-state index contributed by atoms with van der Waals surface area (Å²) in [6, 6.07) is 6.13. The summed E-state index contributed by atoms with van der Waals surface area (Å²) in [6.45, 7) is 10.6. The van der Waals surface area contributed by atoms with Crippen LogP contribution in [0.25, 0.3) is 0 Å². The summed E-state index contributed by atoms with van der Waals surface area (Å²) >= 11 is 1.62. The van der Waals surface area contributed by atoms with Crippen molar-refractivity contribution in [3.05, 3.63) is 35.9 Å². The van der Waals surface area contributed by atoms with Gasteiger partial charge in [0.15, 0.2) is 0 Å². The Balaban J connectivity index is 2.83. The number of thioether (sulfide) groups is 1. The van der Waals surface area contributed by atoms with Crippen LogP contribution in [-0.2, 0) is 29.7 Å². The van der Waals surface area contributed by atoms with Gasteiger partial charge in [-0.1, -0.05) is 58.0 Å². The molecule has 0 spiro atoms. The summed E-state index contributed by atoms with van der Waals surface area (Å²) in [7, 11) is 0. The summed E-state index contributed by atoms with van der Waals surface area (Å²) in [6.07, 6.45) is -0.0419. The van der Waals surface area contributed by atoms with Crippen LogP contribution in [0.3, 0.4) is 0 Å². The van der Waals surface area contributed by atoms with Gasteiger partial charge < -0.3 is 31.7 Å². The fraction of sp³-hybridized carbons (Fsp3) is 0.607. The summed E-state index contributed by atoms with van der Waals surface area (Å²) in [5.41, 5.74) is 6.55. The molecule has 4 atom stereocenters. The Morgan fingerprint density at radius 3 is 2.05 bits per heavy atom. The Morgan fingerprint density at radius 2 is 1.50 bits per heavy atom. The maximum absolute atomic E-state index is 13.2. The maximum Gasteiger partial charge on any atom is 0.407 e. The van der Waals surface area contributed by atoms with E-state index in [4.69, 9.17) is 10.5 Å². The van der Waals surface area contributed by atoms with Gasteiger partial charge >= 0.3 is 6.09 Å². The van der Waals surface area contributed by atoms with Crippen molar-refractivity contribution >= 4 is 41.5 Å². The van der Waals surface area contributed by atoms with E-state index in [9.17, 15) is 24.0 Å². The molecule has 5 amide bonds. The standard InChI is InChI=1S/C28H45N5O6S/c1-7-39-28(38)32-21(13-14-40-16-20-11-9-8-10-12-20)26(36)33-23(18(4)5)27(37)30-19(6)25(35)31-22(24(29)34)15-17(2)3/h8-12,17-19,21-23H,7,13-16H2,1-6H3,(H2,29,34)(H,30,37)(H,31,35)(H,32,38)(H,33,36)/t19-,21+,22-,23-/m0/s1. The SMILES string of the molecule is CCOC(=O)N[C@H](CCSCc1ccccc1)C(=O)N[C@H](C(=O)N[C@@H](C)C(=O)N[C@@H](CC(C)C)C(N)=O)C(C)C. The zero-order valence-electron chi connectivity index (χ0n) is 24.3. The van der Waals surface area contributed by atoms with Crippen LogP contribution in [0.1, 0.15) is 59.9 Å². The minimum absolute atomic E-state index is 0.121. The first kappa shape index (κ1) is 34.7. The van der Waals surface area contributed by atoms with Gasteiger partial charge in [-0.25, -0.2) is 4.79 Å². The molecule has 1 aromatic carbocycles. The van der Waals surface area contributed by atoms with Crippen molar-refractivity contribution in [3.63, 3.8) is 0 Å². The van der Waals surface area contributed by atoms with Gasteiger partial charge in [0.05, 0.1) is 6.61 Å². The zero-order valence-corrected chi connectivity index (χ0v) is 25.1. The quantitative estimate of drug-likeness (QED) is 0.176. The highest BCUT2D eigenvalue weighted by molar-refractivity contribution is 7.98. The number of nitrogens with two attached hydrogens (primary N) is 1. The van der Waals surface area contributed by atoms with Gasteiger partial charge in [-0.05, 0) is 49.8 Å². The molecule has 0 aliphatic heterocycles. The first-order valence-corrected chi connectivity index (χ1v) is 14.8. The van der Waals surface area contributed by atoms with Crippen molar-refractivity contribution in [1.82, 2.24) is 21.3 Å². The molecule has 0 radical (unpaired) electrons. The third-order valence-corrected chi connectivity index (χ3v) is 6.97. The van der Waals surface area contributed by atoms with E-state index >= 15 is 0 Å². The molecule has 1 rings (SSSR count). The van der Waals surface area contributed by atoms with Gasteiger partial charge in [0.1, 0.15) is 24.2 Å². The van der Waals surface area contributed by atoms with E-state index in [-0.39, 0.29) is 18.4 Å². The van der Waals surface area contributed by atoms with Crippen LogP contribution in [0.5, 0.6) is 0 Å². The Bertz CT molecular complexity index is 975. The lowest BCUT2D eigenvalue weighted by Crippen LogP contribution is -2.58. The third kappa shape index (κ3) is 13.2. The molecule has 0 aliphatic carbocycles. The molecule has 0 saturated heterocycles. The topological polar surface area (TPSA) is 169 Å². The van der Waals surface area contributed by atoms with Crippen molar-refractivity contribution < 1.29 is 28.7 Å². The van der Waals surface area contributed by atoms with Gasteiger partial charge in [-0.3, -0.25) is 19.2 Å². The normalized spacial score (nSPS) is 14.0. The second-order valence-corrected chi connectivity index (χ2v) is 11.4. The summed E-state index contributed by atoms with van der Waals surface area (Å²) in [5.74, 6) is -1.21. The molecule has 11 nitrogen and oxygen atoms in total. The molecule has 40 heavy (non-hydrogen) atoms. The molecule has 0 unspecified atom stereocenters. The minimum atomic E-state index is -0.984. The number of hydrogen-bond acceptors (Lipinski definition) is 7. The molecule has 0 aromatic heterocycles. The average molecular weight is 580 g/mol. The minimum Gasteiger partial charge on any atom is -0.450 e. The Kier molecular flexibility index (Phi) is 15.8. The second-order valence-electron chi connectivity index (χ2n) is 10.3. The van der Waals surface area contributed by atoms with Crippen LogP contribution < -0.4 is 27.0 Å². The monoisotopic (exact) mass is 579 g/mol. The first-order valence-electron chi connectivity index (χ1n) is 13.6. The molecule has 0 bridgehead atoms. The molecule has 0 aliphatic rings. The highest BCUT2D eigenvalue weighted by Crippen LogP contribution is 2.14. The molecule has 1 aromatic rings. The summed E-state index contributed by atoms with van der Waals surface area (Å²) in [5, 5.41) is 10.5. The van der Waals surface area contributed by atoms with Gasteiger partial charge in [0, 0.05) is 5.75 Å². The molecular formula is C28H45N5O6S. The Hall–Kier alpha value is -3.28. The fourth-order valence-electron chi connectivity index (χ4n) is 3.72. The van der Waals surface area contributed by atoms with Crippen molar-refractivity contribution in [3.8, 4) is 0 Å². The van der Waals surface area contributed by atoms with E-state index in [1.54, 1.807) is 32.5 Å². The van der Waals surface area contributed by atoms with Crippen LogP contribution in [0, 0.1) is 11.8 Å². The fourth-order valence-corrected chi connectivity index (χ4v) is 4.70. The molecule has 12 heteroatoms. The number of rotatable bonds is 17. The number of benzene rings is 1. The lowest BCUT2D eigenvalue weighted by atomic mass is 10.0. The molecule has 224 valence electrons. The molecular weight excluding hydrogens is 534 g/mol. The number of primary amides is 1. The highest BCUT2D eigenvalue weighted by atomic mass is 32.2. The zero-order chi connectivity index (χ0) is 30.2. The van der Waals surface area contributed by atoms with E-state index < -0.39 is 53.9 Å². The van der Waals surface area contributed by atoms with E-state index in [1.165, 1.54) is 6.92 Å². The van der Waals surface area contributed by atoms with Gasteiger partial charge in [-0.2, -0.15) is 11.8 Å². The highest BCUT2D eigenvalue weighted by Gasteiger charge is 2.31. The smallest absolute Gasteiger partial charge is 0.407 e. The van der Waals surface area contributed by atoms with E-state index in [0.29, 0.717) is 18.6 Å². The number of ether oxygens (including phenoxy) is 1. The van der Waals surface area contributed by atoms with Crippen LogP contribution >= 0.6 is 11.8 Å². The van der Waals surface area contributed by atoms with E-state index in [1.807, 2.05) is 44.2 Å². The van der Waals surface area contributed by atoms with Crippen molar-refractivity contribution in [2.24, 2.45) is 17.6 Å². The van der Waals surface area contributed by atoms with Gasteiger partial charge in [0.2, 0.25) is 23.6 Å². The predicted octanol–water partition coefficient (Wildman–Crippen LogP) is 2.09. The number of alkyl carbamates (subject to hydrolysis) is 1. The van der Waals surface area contributed by atoms with Crippen molar-refractivity contribution in [2.45, 2.75) is 84.3 Å². The lowest BCUT2D eigenvalue weighted by molar-refractivity contribution is -0.134. The Morgan fingerprint density at radius 1 is 0.850 bits per heavy atom. The average Bonchev–Trinajstić information content (AvgIpc) is 2.88. The van der Waals surface area contributed by atoms with E-state index in [0.717, 1.165) is 11.3 Å². The first-order chi connectivity index (χ1) is 18.8. The second kappa shape index (κ2) is 18.1. The van der Waals surface area contributed by atoms with Crippen LogP contribution in [0.15, 0.2) is 30.3 Å². The lowest BCUT2D eigenvalue weighted by Gasteiger charge is -2.27. The van der Waals surface area contributed by atoms with Gasteiger partial charge in [-0.15, -0.1) is 0 Å². The largest absolute Gasteiger partial charge is 0.450 e. The van der Waals surface area contributed by atoms with Crippen molar-refractivity contribution in [2.75, 3.05) is 12.4 Å². The van der Waals surface area contributed by atoms with E-state index in [2.05, 4.69) is 21.3 Å².